The van der Waals surface area contributed by atoms with E-state index in [2.05, 4.69) is 16.6 Å². The normalized spacial score (nSPS) is 15.9. The van der Waals surface area contributed by atoms with E-state index in [1.54, 1.807) is 11.3 Å². The van der Waals surface area contributed by atoms with Gasteiger partial charge in [-0.15, -0.1) is 0 Å². The van der Waals surface area contributed by atoms with Crippen molar-refractivity contribution in [3.05, 3.63) is 51.7 Å². The first-order valence-electron chi connectivity index (χ1n) is 5.85. The Bertz CT molecular complexity index is 575. The molecule has 4 heteroatoms. The Morgan fingerprint density at radius 3 is 3.00 bits per heavy atom. The van der Waals surface area contributed by atoms with Crippen molar-refractivity contribution in [3.63, 3.8) is 0 Å². The van der Waals surface area contributed by atoms with E-state index in [-0.39, 0.29) is 0 Å². The topological polar surface area (TPSA) is 41.8 Å². The van der Waals surface area contributed by atoms with E-state index in [1.165, 1.54) is 11.1 Å². The van der Waals surface area contributed by atoms with Crippen LogP contribution in [0.4, 0.5) is 0 Å². The molecule has 1 aliphatic carbocycles. The third-order valence-electron chi connectivity index (χ3n) is 3.13. The number of ether oxygens (including phenoxy) is 1. The quantitative estimate of drug-likeness (QED) is 0.677. The average molecular weight is 259 g/mol. The molecule has 0 radical (unpaired) electrons. The van der Waals surface area contributed by atoms with Crippen molar-refractivity contribution in [3.8, 4) is 5.75 Å². The molecule has 0 atom stereocenters. The summed E-state index contributed by atoms with van der Waals surface area (Å²) in [6, 6.07) is 8.01. The first kappa shape index (κ1) is 11.3. The number of thiophene rings is 1. The summed E-state index contributed by atoms with van der Waals surface area (Å²) < 4.78 is 5.75. The van der Waals surface area contributed by atoms with E-state index >= 15 is 0 Å². The number of benzene rings is 1. The molecule has 1 heterocycles. The Labute approximate surface area is 109 Å². The molecule has 1 aromatic carbocycles. The van der Waals surface area contributed by atoms with Gasteiger partial charge in [-0.3, -0.25) is 0 Å². The molecule has 0 unspecified atom stereocenters. The fourth-order valence-electron chi connectivity index (χ4n) is 2.18. The maximum Gasteiger partial charge on any atom is 0.120 e. The van der Waals surface area contributed by atoms with Gasteiger partial charge in [0.15, 0.2) is 0 Å². The average Bonchev–Trinajstić information content (AvgIpc) is 3.05. The predicted octanol–water partition coefficient (Wildman–Crippen LogP) is 3.45. The summed E-state index contributed by atoms with van der Waals surface area (Å²) in [6.07, 6.45) is 1.73. The van der Waals surface area contributed by atoms with Crippen LogP contribution in [0.15, 0.2) is 40.2 Å². The second kappa shape index (κ2) is 4.82. The van der Waals surface area contributed by atoms with Crippen molar-refractivity contribution in [1.29, 1.82) is 0 Å². The van der Waals surface area contributed by atoms with Crippen molar-refractivity contribution in [2.24, 2.45) is 5.16 Å². The number of aryl methyl sites for hydroxylation is 1. The lowest BCUT2D eigenvalue weighted by Crippen LogP contribution is -1.96. The number of oxime groups is 1. The van der Waals surface area contributed by atoms with E-state index in [4.69, 9.17) is 9.94 Å². The fourth-order valence-corrected chi connectivity index (χ4v) is 2.83. The number of nitrogens with zero attached hydrogens (tertiary/aromatic N) is 1. The third-order valence-corrected chi connectivity index (χ3v) is 3.86. The van der Waals surface area contributed by atoms with Gasteiger partial charge in [-0.1, -0.05) is 5.16 Å². The highest BCUT2D eigenvalue weighted by molar-refractivity contribution is 7.07. The second-order valence-electron chi connectivity index (χ2n) is 4.29. The third kappa shape index (κ3) is 2.11. The summed E-state index contributed by atoms with van der Waals surface area (Å²) in [4.78, 5) is 0. The molecule has 0 fully saturated rings. The van der Waals surface area contributed by atoms with E-state index in [9.17, 15) is 0 Å². The standard InChI is InChI=1S/C14H13NO2S/c16-15-14-4-1-11-7-12(2-3-13(11)14)17-8-10-5-6-18-9-10/h2-3,5-7,9,16H,1,4,8H2/b15-14-. The van der Waals surface area contributed by atoms with Gasteiger partial charge in [-0.05, 0) is 59.0 Å². The summed E-state index contributed by atoms with van der Waals surface area (Å²) >= 11 is 1.67. The van der Waals surface area contributed by atoms with Crippen LogP contribution in [0, 0.1) is 0 Å². The Hall–Kier alpha value is -1.81. The van der Waals surface area contributed by atoms with Gasteiger partial charge in [0.25, 0.3) is 0 Å². The lowest BCUT2D eigenvalue weighted by atomic mass is 10.1. The van der Waals surface area contributed by atoms with Gasteiger partial charge in [-0.25, -0.2) is 0 Å². The van der Waals surface area contributed by atoms with Gasteiger partial charge in [0.05, 0.1) is 5.71 Å². The smallest absolute Gasteiger partial charge is 0.120 e. The molecule has 1 aromatic heterocycles. The minimum Gasteiger partial charge on any atom is -0.489 e. The number of fused-ring (bicyclic) bond motifs is 1. The minimum absolute atomic E-state index is 0.600. The second-order valence-corrected chi connectivity index (χ2v) is 5.07. The summed E-state index contributed by atoms with van der Waals surface area (Å²) in [5.41, 5.74) is 4.21. The summed E-state index contributed by atoms with van der Waals surface area (Å²) in [5.74, 6) is 0.874. The Balaban J connectivity index is 1.75. The van der Waals surface area contributed by atoms with Gasteiger partial charge in [-0.2, -0.15) is 11.3 Å². The minimum atomic E-state index is 0.600. The SMILES string of the molecule is O/N=C1/CCc2cc(OCc3ccsc3)ccc21. The zero-order valence-corrected chi connectivity index (χ0v) is 10.6. The molecule has 1 N–H and O–H groups in total. The molecule has 92 valence electrons. The summed E-state index contributed by atoms with van der Waals surface area (Å²) in [7, 11) is 0. The van der Waals surface area contributed by atoms with Gasteiger partial charge < -0.3 is 9.94 Å². The van der Waals surface area contributed by atoms with Gasteiger partial charge >= 0.3 is 0 Å². The lowest BCUT2D eigenvalue weighted by Gasteiger charge is -2.07. The maximum atomic E-state index is 8.87. The van der Waals surface area contributed by atoms with Crippen LogP contribution in [-0.2, 0) is 13.0 Å². The van der Waals surface area contributed by atoms with Crippen molar-refractivity contribution < 1.29 is 9.94 Å². The highest BCUT2D eigenvalue weighted by Crippen LogP contribution is 2.27. The number of rotatable bonds is 3. The van der Waals surface area contributed by atoms with Crippen molar-refractivity contribution in [2.75, 3.05) is 0 Å². The highest BCUT2D eigenvalue weighted by Gasteiger charge is 2.18. The van der Waals surface area contributed by atoms with Crippen molar-refractivity contribution >= 4 is 17.0 Å². The summed E-state index contributed by atoms with van der Waals surface area (Å²) in [6.45, 7) is 0.600. The van der Waals surface area contributed by atoms with Crippen LogP contribution in [0.1, 0.15) is 23.1 Å². The zero-order valence-electron chi connectivity index (χ0n) is 9.80. The van der Waals surface area contributed by atoms with Crippen LogP contribution < -0.4 is 4.74 Å². The Kier molecular flexibility index (Phi) is 3.02. The Morgan fingerprint density at radius 1 is 1.28 bits per heavy atom. The van der Waals surface area contributed by atoms with Crippen molar-refractivity contribution in [1.82, 2.24) is 0 Å². The van der Waals surface area contributed by atoms with E-state index < -0.39 is 0 Å². The van der Waals surface area contributed by atoms with E-state index in [0.29, 0.717) is 6.61 Å². The molecule has 0 saturated carbocycles. The molecular weight excluding hydrogens is 246 g/mol. The molecule has 0 spiro atoms. The van der Waals surface area contributed by atoms with Gasteiger partial charge in [0, 0.05) is 5.56 Å². The first-order chi connectivity index (χ1) is 8.86. The molecule has 0 amide bonds. The van der Waals surface area contributed by atoms with Crippen molar-refractivity contribution in [2.45, 2.75) is 19.4 Å². The molecule has 0 saturated heterocycles. The van der Waals surface area contributed by atoms with Crippen LogP contribution in [0.25, 0.3) is 0 Å². The zero-order chi connectivity index (χ0) is 12.4. The molecule has 3 nitrogen and oxygen atoms in total. The molecule has 0 bridgehead atoms. The van der Waals surface area contributed by atoms with Crippen LogP contribution in [-0.4, -0.2) is 10.9 Å². The summed E-state index contributed by atoms with van der Waals surface area (Å²) in [5, 5.41) is 16.3. The number of hydrogen-bond acceptors (Lipinski definition) is 4. The van der Waals surface area contributed by atoms with Gasteiger partial charge in [0.1, 0.15) is 12.4 Å². The molecule has 18 heavy (non-hydrogen) atoms. The lowest BCUT2D eigenvalue weighted by molar-refractivity contribution is 0.306. The number of hydrogen-bond donors (Lipinski definition) is 1. The maximum absolute atomic E-state index is 8.87. The predicted molar refractivity (Wildman–Crippen MR) is 71.7 cm³/mol. The molecule has 1 aliphatic rings. The van der Waals surface area contributed by atoms with E-state index in [0.717, 1.165) is 29.9 Å². The van der Waals surface area contributed by atoms with Crippen LogP contribution in [0.5, 0.6) is 5.75 Å². The first-order valence-corrected chi connectivity index (χ1v) is 6.79. The van der Waals surface area contributed by atoms with Crippen LogP contribution in [0.2, 0.25) is 0 Å². The highest BCUT2D eigenvalue weighted by atomic mass is 32.1. The van der Waals surface area contributed by atoms with Crippen LogP contribution >= 0.6 is 11.3 Å². The molecule has 3 rings (SSSR count). The largest absolute Gasteiger partial charge is 0.489 e. The molecule has 2 aromatic rings. The molecule has 0 aliphatic heterocycles. The molecular formula is C14H13NO2S. The van der Waals surface area contributed by atoms with Gasteiger partial charge in [0.2, 0.25) is 0 Å². The van der Waals surface area contributed by atoms with E-state index in [1.807, 2.05) is 23.6 Å². The fraction of sp³-hybridized carbons (Fsp3) is 0.214. The monoisotopic (exact) mass is 259 g/mol. The van der Waals surface area contributed by atoms with Crippen LogP contribution in [0.3, 0.4) is 0 Å². The Morgan fingerprint density at radius 2 is 2.22 bits per heavy atom.